The lowest BCUT2D eigenvalue weighted by Crippen LogP contribution is -2.48. The van der Waals surface area contributed by atoms with Crippen molar-refractivity contribution in [3.05, 3.63) is 33.8 Å². The maximum absolute atomic E-state index is 11.9. The van der Waals surface area contributed by atoms with E-state index in [9.17, 15) is 14.4 Å². The van der Waals surface area contributed by atoms with Crippen LogP contribution in [-0.2, 0) is 9.53 Å². The minimum Gasteiger partial charge on any atom is -0.452 e. The van der Waals surface area contributed by atoms with E-state index in [2.05, 4.69) is 17.6 Å². The van der Waals surface area contributed by atoms with Crippen LogP contribution in [0.4, 0.5) is 4.79 Å². The molecule has 1 fully saturated rings. The van der Waals surface area contributed by atoms with Crippen molar-refractivity contribution < 1.29 is 19.1 Å². The standard InChI is InChI=1S/C17H20Cl2N2O4/c1-10-4-2-3-5-14(10)20-17(24)21-15(22)9-25-16(23)12-7-6-11(18)8-13(12)19/h6-8,10,14H,2-5,9H2,1H3,(H2,20,21,22,24)/t10-,14+/m1/s1. The van der Waals surface area contributed by atoms with Crippen LogP contribution in [0.5, 0.6) is 0 Å². The van der Waals surface area contributed by atoms with Gasteiger partial charge in [0.05, 0.1) is 10.6 Å². The predicted molar refractivity (Wildman–Crippen MR) is 94.8 cm³/mol. The Balaban J connectivity index is 1.77. The number of nitrogens with one attached hydrogen (secondary N) is 2. The molecule has 8 heteroatoms. The molecule has 25 heavy (non-hydrogen) atoms. The number of amides is 3. The van der Waals surface area contributed by atoms with Gasteiger partial charge in [-0.2, -0.15) is 0 Å². The number of benzene rings is 1. The molecule has 1 aromatic carbocycles. The zero-order chi connectivity index (χ0) is 18.4. The molecule has 0 radical (unpaired) electrons. The largest absolute Gasteiger partial charge is 0.452 e. The van der Waals surface area contributed by atoms with Crippen molar-refractivity contribution in [2.24, 2.45) is 5.92 Å². The first-order valence-electron chi connectivity index (χ1n) is 8.09. The lowest BCUT2D eigenvalue weighted by Gasteiger charge is -2.29. The second kappa shape index (κ2) is 9.06. The first-order valence-corrected chi connectivity index (χ1v) is 8.85. The van der Waals surface area contributed by atoms with Gasteiger partial charge in [0.15, 0.2) is 6.61 Å². The Morgan fingerprint density at radius 1 is 1.20 bits per heavy atom. The van der Waals surface area contributed by atoms with Gasteiger partial charge in [-0.3, -0.25) is 10.1 Å². The van der Waals surface area contributed by atoms with E-state index in [1.165, 1.54) is 18.2 Å². The fourth-order valence-electron chi connectivity index (χ4n) is 2.76. The Labute approximate surface area is 156 Å². The maximum atomic E-state index is 11.9. The van der Waals surface area contributed by atoms with E-state index < -0.39 is 24.5 Å². The second-order valence-corrected chi connectivity index (χ2v) is 6.93. The number of esters is 1. The third kappa shape index (κ3) is 5.90. The molecule has 0 aliphatic heterocycles. The van der Waals surface area contributed by atoms with Gasteiger partial charge in [0, 0.05) is 11.1 Å². The molecule has 3 amide bonds. The van der Waals surface area contributed by atoms with Gasteiger partial charge < -0.3 is 10.1 Å². The highest BCUT2D eigenvalue weighted by atomic mass is 35.5. The van der Waals surface area contributed by atoms with Gasteiger partial charge in [-0.15, -0.1) is 0 Å². The normalized spacial score (nSPS) is 19.8. The van der Waals surface area contributed by atoms with Crippen LogP contribution in [0.25, 0.3) is 0 Å². The van der Waals surface area contributed by atoms with Crippen molar-refractivity contribution >= 4 is 41.1 Å². The Morgan fingerprint density at radius 3 is 2.60 bits per heavy atom. The van der Waals surface area contributed by atoms with Crippen LogP contribution in [0, 0.1) is 5.92 Å². The first-order chi connectivity index (χ1) is 11.9. The summed E-state index contributed by atoms with van der Waals surface area (Å²) in [5.74, 6) is -1.10. The Morgan fingerprint density at radius 2 is 1.92 bits per heavy atom. The van der Waals surface area contributed by atoms with Crippen LogP contribution in [0.2, 0.25) is 10.0 Å². The van der Waals surface area contributed by atoms with Crippen LogP contribution in [-0.4, -0.2) is 30.6 Å². The summed E-state index contributed by atoms with van der Waals surface area (Å²) in [4.78, 5) is 35.5. The fourth-order valence-corrected chi connectivity index (χ4v) is 3.25. The molecular weight excluding hydrogens is 367 g/mol. The minimum absolute atomic E-state index is 0.0528. The van der Waals surface area contributed by atoms with Gasteiger partial charge in [-0.25, -0.2) is 9.59 Å². The van der Waals surface area contributed by atoms with E-state index in [4.69, 9.17) is 27.9 Å². The van der Waals surface area contributed by atoms with Gasteiger partial charge in [-0.1, -0.05) is 43.0 Å². The van der Waals surface area contributed by atoms with Gasteiger partial charge in [0.25, 0.3) is 5.91 Å². The molecule has 2 atom stereocenters. The Kier molecular flexibility index (Phi) is 7.08. The van der Waals surface area contributed by atoms with E-state index >= 15 is 0 Å². The summed E-state index contributed by atoms with van der Waals surface area (Å²) >= 11 is 11.6. The predicted octanol–water partition coefficient (Wildman–Crippen LogP) is 3.55. The molecule has 0 bridgehead atoms. The van der Waals surface area contributed by atoms with Crippen LogP contribution in [0.15, 0.2) is 18.2 Å². The summed E-state index contributed by atoms with van der Waals surface area (Å²) in [6, 6.07) is 3.77. The highest BCUT2D eigenvalue weighted by Gasteiger charge is 2.23. The minimum atomic E-state index is -0.766. The number of ether oxygens (including phenoxy) is 1. The third-order valence-electron chi connectivity index (χ3n) is 4.17. The topological polar surface area (TPSA) is 84.5 Å². The number of hydrogen-bond acceptors (Lipinski definition) is 4. The van der Waals surface area contributed by atoms with Crippen LogP contribution < -0.4 is 10.6 Å². The third-order valence-corrected chi connectivity index (χ3v) is 4.71. The van der Waals surface area contributed by atoms with E-state index in [-0.39, 0.29) is 16.6 Å². The molecule has 0 spiro atoms. The van der Waals surface area contributed by atoms with E-state index in [1.54, 1.807) is 0 Å². The molecule has 2 N–H and O–H groups in total. The number of urea groups is 1. The number of hydrogen-bond donors (Lipinski definition) is 2. The van der Waals surface area contributed by atoms with Crippen molar-refractivity contribution in [1.82, 2.24) is 10.6 Å². The highest BCUT2D eigenvalue weighted by molar-refractivity contribution is 6.36. The van der Waals surface area contributed by atoms with Crippen molar-refractivity contribution in [3.63, 3.8) is 0 Å². The van der Waals surface area contributed by atoms with Crippen LogP contribution in [0.3, 0.4) is 0 Å². The van der Waals surface area contributed by atoms with Crippen molar-refractivity contribution in [2.75, 3.05) is 6.61 Å². The summed E-state index contributed by atoms with van der Waals surface area (Å²) in [7, 11) is 0. The molecule has 0 heterocycles. The van der Waals surface area contributed by atoms with Gasteiger partial charge >= 0.3 is 12.0 Å². The summed E-state index contributed by atoms with van der Waals surface area (Å²) < 4.78 is 4.86. The lowest BCUT2D eigenvalue weighted by atomic mass is 9.86. The molecule has 2 rings (SSSR count). The van der Waals surface area contributed by atoms with E-state index in [0.29, 0.717) is 10.9 Å². The average molecular weight is 387 g/mol. The summed E-state index contributed by atoms with van der Waals surface area (Å²) in [5, 5.41) is 5.45. The first kappa shape index (κ1) is 19.5. The number of halogens is 2. The number of rotatable bonds is 4. The molecular formula is C17H20Cl2N2O4. The summed E-state index contributed by atoms with van der Waals surface area (Å²) in [5.41, 5.74) is 0.0966. The monoisotopic (exact) mass is 386 g/mol. The smallest absolute Gasteiger partial charge is 0.340 e. The highest BCUT2D eigenvalue weighted by Crippen LogP contribution is 2.23. The van der Waals surface area contributed by atoms with E-state index in [0.717, 1.165) is 25.7 Å². The fraction of sp³-hybridized carbons (Fsp3) is 0.471. The zero-order valence-corrected chi connectivity index (χ0v) is 15.3. The van der Waals surface area contributed by atoms with Crippen molar-refractivity contribution in [2.45, 2.75) is 38.6 Å². The number of carbonyl (C=O) groups excluding carboxylic acids is 3. The molecule has 1 saturated carbocycles. The molecule has 1 aliphatic carbocycles. The quantitative estimate of drug-likeness (QED) is 0.774. The van der Waals surface area contributed by atoms with Crippen molar-refractivity contribution in [1.29, 1.82) is 0 Å². The van der Waals surface area contributed by atoms with Crippen LogP contribution in [0.1, 0.15) is 43.0 Å². The maximum Gasteiger partial charge on any atom is 0.340 e. The van der Waals surface area contributed by atoms with Gasteiger partial charge in [0.2, 0.25) is 0 Å². The summed E-state index contributed by atoms with van der Waals surface area (Å²) in [6.45, 7) is 1.50. The van der Waals surface area contributed by atoms with Crippen molar-refractivity contribution in [3.8, 4) is 0 Å². The van der Waals surface area contributed by atoms with Crippen LogP contribution >= 0.6 is 23.2 Å². The lowest BCUT2D eigenvalue weighted by molar-refractivity contribution is -0.123. The molecule has 0 aromatic heterocycles. The Hall–Kier alpha value is -1.79. The number of carbonyl (C=O) groups is 3. The molecule has 0 saturated heterocycles. The number of imide groups is 1. The molecule has 136 valence electrons. The molecule has 6 nitrogen and oxygen atoms in total. The molecule has 1 aliphatic rings. The second-order valence-electron chi connectivity index (χ2n) is 6.09. The summed E-state index contributed by atoms with van der Waals surface area (Å²) in [6.07, 6.45) is 4.16. The van der Waals surface area contributed by atoms with E-state index in [1.807, 2.05) is 0 Å². The van der Waals surface area contributed by atoms with Gasteiger partial charge in [0.1, 0.15) is 0 Å². The zero-order valence-electron chi connectivity index (χ0n) is 13.8. The average Bonchev–Trinajstić information content (AvgIpc) is 2.54. The Bertz CT molecular complexity index is 666. The van der Waals surface area contributed by atoms with Gasteiger partial charge in [-0.05, 0) is 37.0 Å². The molecule has 1 aromatic rings. The molecule has 0 unspecified atom stereocenters. The SMILES string of the molecule is C[C@@H]1CCCC[C@@H]1NC(=O)NC(=O)COC(=O)c1ccc(Cl)cc1Cl.